The van der Waals surface area contributed by atoms with Crippen molar-refractivity contribution < 1.29 is 18.1 Å². The Morgan fingerprint density at radius 1 is 1.03 bits per heavy atom. The first-order valence-electron chi connectivity index (χ1n) is 9.22. The van der Waals surface area contributed by atoms with E-state index in [0.717, 1.165) is 17.7 Å². The van der Waals surface area contributed by atoms with Crippen LogP contribution in [0.25, 0.3) is 17.1 Å². The fourth-order valence-electron chi connectivity index (χ4n) is 2.96. The van der Waals surface area contributed by atoms with Crippen molar-refractivity contribution in [3.63, 3.8) is 0 Å². The zero-order valence-electron chi connectivity index (χ0n) is 16.2. The van der Waals surface area contributed by atoms with Gasteiger partial charge < -0.3 is 0 Å². The van der Waals surface area contributed by atoms with Gasteiger partial charge in [0.1, 0.15) is 0 Å². The van der Waals surface area contributed by atoms with Gasteiger partial charge in [-0.3, -0.25) is 19.7 Å². The molecule has 0 unspecified atom stereocenters. The van der Waals surface area contributed by atoms with Gasteiger partial charge in [-0.15, -0.1) is 10.2 Å². The number of thioether (sulfide) groups is 1. The summed E-state index contributed by atoms with van der Waals surface area (Å²) in [6.07, 6.45) is -1.36. The quantitative estimate of drug-likeness (QED) is 0.214. The number of nitro groups is 1. The van der Waals surface area contributed by atoms with Gasteiger partial charge in [0.2, 0.25) is 0 Å². The second-order valence-electron chi connectivity index (χ2n) is 6.64. The molecule has 162 valence electrons. The fraction of sp³-hybridized carbons (Fsp3) is 0.0952. The smallest absolute Gasteiger partial charge is 0.270 e. The Balaban J connectivity index is 1.72. The van der Waals surface area contributed by atoms with E-state index in [9.17, 15) is 23.3 Å². The molecule has 2 aromatic carbocycles. The molecule has 0 N–H and O–H groups in total. The molecule has 0 atom stereocenters. The zero-order valence-corrected chi connectivity index (χ0v) is 17.0. The largest absolute Gasteiger partial charge is 0.416 e. The summed E-state index contributed by atoms with van der Waals surface area (Å²) >= 11 is 1.26. The summed E-state index contributed by atoms with van der Waals surface area (Å²) < 4.78 is 41.4. The predicted molar refractivity (Wildman–Crippen MR) is 112 cm³/mol. The average Bonchev–Trinajstić information content (AvgIpc) is 3.22. The molecule has 7 nitrogen and oxygen atoms in total. The van der Waals surface area contributed by atoms with Crippen molar-refractivity contribution in [2.75, 3.05) is 0 Å². The lowest BCUT2D eigenvalue weighted by atomic mass is 10.2. The standard InChI is InChI=1S/C21H14F3N5O2S/c22-21(23,24)16-4-1-5-18(11-16)28-19(15-3-2-10-25-12-15)26-27-20(28)32-13-14-6-8-17(9-7-14)29(30)31/h1-12H,13H2. The maximum Gasteiger partial charge on any atom is 0.416 e. The molecule has 0 bridgehead atoms. The van der Waals surface area contributed by atoms with Crippen molar-refractivity contribution >= 4 is 17.4 Å². The highest BCUT2D eigenvalue weighted by Crippen LogP contribution is 2.34. The number of non-ortho nitro benzene ring substituents is 1. The van der Waals surface area contributed by atoms with Crippen LogP contribution in [0.5, 0.6) is 0 Å². The van der Waals surface area contributed by atoms with Crippen LogP contribution in [-0.4, -0.2) is 24.7 Å². The molecule has 11 heteroatoms. The van der Waals surface area contributed by atoms with Crippen LogP contribution in [0.3, 0.4) is 0 Å². The van der Waals surface area contributed by atoms with E-state index in [0.29, 0.717) is 22.3 Å². The number of hydrogen-bond donors (Lipinski definition) is 0. The van der Waals surface area contributed by atoms with Gasteiger partial charge in [-0.25, -0.2) is 0 Å². The van der Waals surface area contributed by atoms with Crippen LogP contribution in [0.1, 0.15) is 11.1 Å². The molecule has 0 saturated heterocycles. The fourth-order valence-corrected chi connectivity index (χ4v) is 3.87. The third-order valence-electron chi connectivity index (χ3n) is 4.50. The zero-order chi connectivity index (χ0) is 22.7. The van der Waals surface area contributed by atoms with Gasteiger partial charge in [0.15, 0.2) is 11.0 Å². The van der Waals surface area contributed by atoms with E-state index in [2.05, 4.69) is 15.2 Å². The molecule has 0 fully saturated rings. The van der Waals surface area contributed by atoms with Crippen molar-refractivity contribution in [2.45, 2.75) is 17.1 Å². The molecule has 2 aromatic heterocycles. The lowest BCUT2D eigenvalue weighted by molar-refractivity contribution is -0.384. The minimum Gasteiger partial charge on any atom is -0.270 e. The molecule has 32 heavy (non-hydrogen) atoms. The number of halogens is 3. The Morgan fingerprint density at radius 2 is 1.81 bits per heavy atom. The highest BCUT2D eigenvalue weighted by molar-refractivity contribution is 7.98. The molecule has 4 rings (SSSR count). The van der Waals surface area contributed by atoms with Gasteiger partial charge >= 0.3 is 6.18 Å². The molecular formula is C21H14F3N5O2S. The number of aromatic nitrogens is 4. The number of nitro benzene ring substituents is 1. The molecule has 4 aromatic rings. The number of benzene rings is 2. The molecule has 0 aliphatic rings. The molecule has 0 aliphatic carbocycles. The van der Waals surface area contributed by atoms with E-state index in [1.165, 1.54) is 30.0 Å². The summed E-state index contributed by atoms with van der Waals surface area (Å²) in [6, 6.07) is 14.4. The summed E-state index contributed by atoms with van der Waals surface area (Å²) in [6.45, 7) is 0. The lowest BCUT2D eigenvalue weighted by Crippen LogP contribution is -2.07. The van der Waals surface area contributed by atoms with Crippen molar-refractivity contribution in [3.05, 3.63) is 94.3 Å². The van der Waals surface area contributed by atoms with E-state index in [1.54, 1.807) is 47.3 Å². The number of pyridine rings is 1. The van der Waals surface area contributed by atoms with Crippen molar-refractivity contribution in [2.24, 2.45) is 0 Å². The minimum atomic E-state index is -4.50. The topological polar surface area (TPSA) is 86.7 Å². The summed E-state index contributed by atoms with van der Waals surface area (Å²) in [4.78, 5) is 14.4. The first kappa shape index (κ1) is 21.5. The Hall–Kier alpha value is -3.73. The lowest BCUT2D eigenvalue weighted by Gasteiger charge is -2.13. The predicted octanol–water partition coefficient (Wildman–Crippen LogP) is 5.55. The van der Waals surface area contributed by atoms with E-state index in [-0.39, 0.29) is 11.4 Å². The third kappa shape index (κ3) is 4.62. The van der Waals surface area contributed by atoms with Gasteiger partial charge in [0, 0.05) is 35.8 Å². The number of nitrogens with zero attached hydrogens (tertiary/aromatic N) is 5. The van der Waals surface area contributed by atoms with Gasteiger partial charge in [0.25, 0.3) is 5.69 Å². The van der Waals surface area contributed by atoms with Gasteiger partial charge in [-0.05, 0) is 35.9 Å². The number of rotatable bonds is 6. The van der Waals surface area contributed by atoms with Crippen LogP contribution in [0, 0.1) is 10.1 Å². The molecule has 2 heterocycles. The third-order valence-corrected chi connectivity index (χ3v) is 5.50. The van der Waals surface area contributed by atoms with Crippen molar-refractivity contribution in [1.29, 1.82) is 0 Å². The van der Waals surface area contributed by atoms with E-state index in [4.69, 9.17) is 0 Å². The second-order valence-corrected chi connectivity index (χ2v) is 7.59. The van der Waals surface area contributed by atoms with Crippen LogP contribution in [-0.2, 0) is 11.9 Å². The molecule has 0 amide bonds. The Morgan fingerprint density at radius 3 is 2.47 bits per heavy atom. The SMILES string of the molecule is O=[N+]([O-])c1ccc(CSc2nnc(-c3cccnc3)n2-c2cccc(C(F)(F)F)c2)cc1. The van der Waals surface area contributed by atoms with Gasteiger partial charge in [-0.1, -0.05) is 30.0 Å². The van der Waals surface area contributed by atoms with Gasteiger partial charge in [0.05, 0.1) is 16.2 Å². The molecule has 0 radical (unpaired) electrons. The highest BCUT2D eigenvalue weighted by Gasteiger charge is 2.31. The van der Waals surface area contributed by atoms with E-state index in [1.807, 2.05) is 0 Å². The number of hydrogen-bond acceptors (Lipinski definition) is 6. The Kier molecular flexibility index (Phi) is 5.91. The average molecular weight is 457 g/mol. The molecule has 0 saturated carbocycles. The normalized spacial score (nSPS) is 11.5. The Bertz CT molecular complexity index is 1240. The monoisotopic (exact) mass is 457 g/mol. The highest BCUT2D eigenvalue weighted by atomic mass is 32.2. The number of alkyl halides is 3. The van der Waals surface area contributed by atoms with Crippen LogP contribution in [0.4, 0.5) is 18.9 Å². The minimum absolute atomic E-state index is 0.0234. The molecule has 0 spiro atoms. The summed E-state index contributed by atoms with van der Waals surface area (Å²) in [5.41, 5.74) is 0.841. The summed E-state index contributed by atoms with van der Waals surface area (Å²) in [5.74, 6) is 0.742. The molecule has 0 aliphatic heterocycles. The van der Waals surface area contributed by atoms with Crippen LogP contribution in [0.2, 0.25) is 0 Å². The maximum atomic E-state index is 13.3. The van der Waals surface area contributed by atoms with Crippen LogP contribution < -0.4 is 0 Å². The first-order chi connectivity index (χ1) is 15.3. The molecular weight excluding hydrogens is 443 g/mol. The van der Waals surface area contributed by atoms with E-state index >= 15 is 0 Å². The van der Waals surface area contributed by atoms with Crippen molar-refractivity contribution in [1.82, 2.24) is 19.7 Å². The van der Waals surface area contributed by atoms with Gasteiger partial charge in [-0.2, -0.15) is 13.2 Å². The second kappa shape index (κ2) is 8.79. The van der Waals surface area contributed by atoms with Crippen LogP contribution in [0.15, 0.2) is 78.2 Å². The Labute approximate surface area is 184 Å². The summed E-state index contributed by atoms with van der Waals surface area (Å²) in [5, 5.41) is 19.6. The first-order valence-corrected chi connectivity index (χ1v) is 10.2. The summed E-state index contributed by atoms with van der Waals surface area (Å²) in [7, 11) is 0. The van der Waals surface area contributed by atoms with Crippen LogP contribution >= 0.6 is 11.8 Å². The van der Waals surface area contributed by atoms with Crippen molar-refractivity contribution in [3.8, 4) is 17.1 Å². The maximum absolute atomic E-state index is 13.3. The van der Waals surface area contributed by atoms with E-state index < -0.39 is 16.7 Å².